The zero-order valence-corrected chi connectivity index (χ0v) is 12.9. The van der Waals surface area contributed by atoms with Crippen LogP contribution < -0.4 is 10.1 Å². The summed E-state index contributed by atoms with van der Waals surface area (Å²) in [5.41, 5.74) is 1.35. The van der Waals surface area contributed by atoms with Crippen LogP contribution in [-0.4, -0.2) is 37.7 Å². The van der Waals surface area contributed by atoms with E-state index in [4.69, 9.17) is 4.74 Å². The fraction of sp³-hybridized carbons (Fsp3) is 0.647. The predicted molar refractivity (Wildman–Crippen MR) is 84.2 cm³/mol. The summed E-state index contributed by atoms with van der Waals surface area (Å²) < 4.78 is 5.58. The first kappa shape index (κ1) is 15.3. The molecule has 1 aromatic carbocycles. The number of nitrogens with one attached hydrogen (secondary N) is 1. The first-order valence-corrected chi connectivity index (χ1v) is 7.96. The van der Waals surface area contributed by atoms with Crippen molar-refractivity contribution >= 4 is 0 Å². The van der Waals surface area contributed by atoms with Gasteiger partial charge in [-0.15, -0.1) is 0 Å². The largest absolute Gasteiger partial charge is 0.494 e. The van der Waals surface area contributed by atoms with E-state index in [0.29, 0.717) is 0 Å². The van der Waals surface area contributed by atoms with Gasteiger partial charge in [0.25, 0.3) is 0 Å². The fourth-order valence-corrected chi connectivity index (χ4v) is 2.91. The van der Waals surface area contributed by atoms with Gasteiger partial charge in [-0.05, 0) is 63.0 Å². The van der Waals surface area contributed by atoms with Gasteiger partial charge in [0.05, 0.1) is 6.61 Å². The summed E-state index contributed by atoms with van der Waals surface area (Å²) in [6.45, 7) is 10.7. The zero-order valence-electron chi connectivity index (χ0n) is 12.9. The van der Waals surface area contributed by atoms with Gasteiger partial charge in [0.1, 0.15) is 5.75 Å². The molecule has 0 aliphatic carbocycles. The van der Waals surface area contributed by atoms with E-state index in [1.165, 1.54) is 38.0 Å². The van der Waals surface area contributed by atoms with Gasteiger partial charge < -0.3 is 10.1 Å². The second-order valence-corrected chi connectivity index (χ2v) is 5.62. The van der Waals surface area contributed by atoms with E-state index < -0.39 is 0 Å². The Bertz CT molecular complexity index is 388. The molecule has 1 unspecified atom stereocenters. The number of piperidine rings is 1. The van der Waals surface area contributed by atoms with E-state index in [9.17, 15) is 0 Å². The number of nitrogens with zero attached hydrogens (tertiary/aromatic N) is 1. The first-order valence-electron chi connectivity index (χ1n) is 7.96. The van der Waals surface area contributed by atoms with Gasteiger partial charge in [0.2, 0.25) is 0 Å². The van der Waals surface area contributed by atoms with Crippen molar-refractivity contribution in [3.8, 4) is 5.75 Å². The van der Waals surface area contributed by atoms with E-state index in [1.54, 1.807) is 0 Å². The Morgan fingerprint density at radius 3 is 2.95 bits per heavy atom. The lowest BCUT2D eigenvalue weighted by molar-refractivity contribution is 0.209. The van der Waals surface area contributed by atoms with Gasteiger partial charge in [0, 0.05) is 13.1 Å². The van der Waals surface area contributed by atoms with Gasteiger partial charge in [-0.3, -0.25) is 4.90 Å². The summed E-state index contributed by atoms with van der Waals surface area (Å²) in [7, 11) is 0. The molecule has 2 rings (SSSR count). The summed E-state index contributed by atoms with van der Waals surface area (Å²) >= 11 is 0. The summed E-state index contributed by atoms with van der Waals surface area (Å²) in [4.78, 5) is 2.54. The third-order valence-electron chi connectivity index (χ3n) is 3.98. The molecule has 0 aromatic heterocycles. The topological polar surface area (TPSA) is 24.5 Å². The highest BCUT2D eigenvalue weighted by Gasteiger charge is 2.16. The highest BCUT2D eigenvalue weighted by molar-refractivity contribution is 5.28. The molecule has 3 heteroatoms. The second-order valence-electron chi connectivity index (χ2n) is 5.62. The molecule has 1 heterocycles. The van der Waals surface area contributed by atoms with Crippen LogP contribution in [0.3, 0.4) is 0 Å². The molecular formula is C17H28N2O. The van der Waals surface area contributed by atoms with Crippen molar-refractivity contribution in [1.29, 1.82) is 0 Å². The lowest BCUT2D eigenvalue weighted by atomic mass is 9.99. The van der Waals surface area contributed by atoms with Crippen LogP contribution in [0, 0.1) is 5.92 Å². The molecule has 1 aliphatic heterocycles. The Morgan fingerprint density at radius 2 is 2.25 bits per heavy atom. The molecule has 3 nitrogen and oxygen atoms in total. The Labute approximate surface area is 123 Å². The predicted octanol–water partition coefficient (Wildman–Crippen LogP) is 2.91. The summed E-state index contributed by atoms with van der Waals surface area (Å²) in [6.07, 6.45) is 2.69. The molecular weight excluding hydrogens is 248 g/mol. The first-order chi connectivity index (χ1) is 9.81. The standard InChI is InChI=1S/C17H28N2O/c1-3-19(14-16-8-6-10-18-12-16)13-15-7-5-9-17(11-15)20-4-2/h5,7,9,11,16,18H,3-4,6,8,10,12-14H2,1-2H3. The highest BCUT2D eigenvalue weighted by Crippen LogP contribution is 2.17. The Hall–Kier alpha value is -1.06. The van der Waals surface area contributed by atoms with E-state index in [0.717, 1.165) is 31.4 Å². The van der Waals surface area contributed by atoms with E-state index in [2.05, 4.69) is 35.3 Å². The van der Waals surface area contributed by atoms with E-state index >= 15 is 0 Å². The lowest BCUT2D eigenvalue weighted by Crippen LogP contribution is -2.38. The Balaban J connectivity index is 1.89. The molecule has 1 aromatic rings. The van der Waals surface area contributed by atoms with Crippen molar-refractivity contribution in [3.05, 3.63) is 29.8 Å². The van der Waals surface area contributed by atoms with Crippen molar-refractivity contribution < 1.29 is 4.74 Å². The molecule has 0 saturated carbocycles. The number of hydrogen-bond donors (Lipinski definition) is 1. The highest BCUT2D eigenvalue weighted by atomic mass is 16.5. The summed E-state index contributed by atoms with van der Waals surface area (Å²) in [5.74, 6) is 1.79. The third-order valence-corrected chi connectivity index (χ3v) is 3.98. The minimum atomic E-state index is 0.731. The number of benzene rings is 1. The average Bonchev–Trinajstić information content (AvgIpc) is 2.48. The van der Waals surface area contributed by atoms with Crippen LogP contribution in [0.25, 0.3) is 0 Å². The van der Waals surface area contributed by atoms with E-state index in [-0.39, 0.29) is 0 Å². The minimum absolute atomic E-state index is 0.731. The summed E-state index contributed by atoms with van der Waals surface area (Å²) in [5, 5.41) is 3.51. The van der Waals surface area contributed by atoms with Gasteiger partial charge in [0.15, 0.2) is 0 Å². The van der Waals surface area contributed by atoms with Crippen molar-refractivity contribution in [2.24, 2.45) is 5.92 Å². The van der Waals surface area contributed by atoms with Gasteiger partial charge in [-0.25, -0.2) is 0 Å². The van der Waals surface area contributed by atoms with Crippen LogP contribution in [0.2, 0.25) is 0 Å². The maximum Gasteiger partial charge on any atom is 0.119 e. The van der Waals surface area contributed by atoms with Crippen LogP contribution >= 0.6 is 0 Å². The maximum absolute atomic E-state index is 5.58. The average molecular weight is 276 g/mol. The van der Waals surface area contributed by atoms with Crippen LogP contribution in [0.1, 0.15) is 32.3 Å². The second kappa shape index (κ2) is 8.28. The Morgan fingerprint density at radius 1 is 1.35 bits per heavy atom. The van der Waals surface area contributed by atoms with Crippen molar-refractivity contribution in [1.82, 2.24) is 10.2 Å². The van der Waals surface area contributed by atoms with Gasteiger partial charge in [-0.1, -0.05) is 19.1 Å². The van der Waals surface area contributed by atoms with Crippen LogP contribution in [0.15, 0.2) is 24.3 Å². The third kappa shape index (κ3) is 4.80. The van der Waals surface area contributed by atoms with E-state index in [1.807, 2.05) is 13.0 Å². The fourth-order valence-electron chi connectivity index (χ4n) is 2.91. The number of rotatable bonds is 7. The molecule has 112 valence electrons. The normalized spacial score (nSPS) is 19.2. The van der Waals surface area contributed by atoms with Crippen molar-refractivity contribution in [2.45, 2.75) is 33.2 Å². The molecule has 0 bridgehead atoms. The lowest BCUT2D eigenvalue weighted by Gasteiger charge is -2.29. The molecule has 20 heavy (non-hydrogen) atoms. The molecule has 1 atom stereocenters. The van der Waals surface area contributed by atoms with Crippen LogP contribution in [-0.2, 0) is 6.54 Å². The smallest absolute Gasteiger partial charge is 0.119 e. The summed E-state index contributed by atoms with van der Waals surface area (Å²) in [6, 6.07) is 8.50. The number of ether oxygens (including phenoxy) is 1. The monoisotopic (exact) mass is 276 g/mol. The SMILES string of the molecule is CCOc1cccc(CN(CC)CC2CCCNC2)c1. The van der Waals surface area contributed by atoms with Crippen LogP contribution in [0.5, 0.6) is 5.75 Å². The molecule has 1 N–H and O–H groups in total. The zero-order chi connectivity index (χ0) is 14.2. The maximum atomic E-state index is 5.58. The minimum Gasteiger partial charge on any atom is -0.494 e. The molecule has 1 fully saturated rings. The van der Waals surface area contributed by atoms with Gasteiger partial charge in [-0.2, -0.15) is 0 Å². The Kier molecular flexibility index (Phi) is 6.34. The van der Waals surface area contributed by atoms with Crippen molar-refractivity contribution in [2.75, 3.05) is 32.8 Å². The molecule has 0 spiro atoms. The van der Waals surface area contributed by atoms with Crippen molar-refractivity contribution in [3.63, 3.8) is 0 Å². The van der Waals surface area contributed by atoms with Crippen LogP contribution in [0.4, 0.5) is 0 Å². The molecule has 1 saturated heterocycles. The van der Waals surface area contributed by atoms with Gasteiger partial charge >= 0.3 is 0 Å². The quantitative estimate of drug-likeness (QED) is 0.829. The number of hydrogen-bond acceptors (Lipinski definition) is 3. The molecule has 0 radical (unpaired) electrons. The molecule has 0 amide bonds. The molecule has 1 aliphatic rings.